The van der Waals surface area contributed by atoms with Crippen molar-refractivity contribution in [3.8, 4) is 5.75 Å². The van der Waals surface area contributed by atoms with Crippen molar-refractivity contribution in [1.29, 1.82) is 0 Å². The number of halogens is 2. The van der Waals surface area contributed by atoms with Crippen molar-refractivity contribution >= 4 is 17.3 Å². The van der Waals surface area contributed by atoms with Crippen molar-refractivity contribution in [3.63, 3.8) is 0 Å². The third-order valence-corrected chi connectivity index (χ3v) is 2.88. The van der Waals surface area contributed by atoms with Gasteiger partial charge in [-0.05, 0) is 30.7 Å². The molecular weight excluding hydrogens is 253 g/mol. The Balaban J connectivity index is 2.16. The zero-order chi connectivity index (χ0) is 13.1. The van der Waals surface area contributed by atoms with Crippen LogP contribution < -0.4 is 10.5 Å². The van der Waals surface area contributed by atoms with Gasteiger partial charge in [0.2, 0.25) is 0 Å². The molecule has 18 heavy (non-hydrogen) atoms. The van der Waals surface area contributed by atoms with Crippen molar-refractivity contribution in [2.75, 3.05) is 5.73 Å². The van der Waals surface area contributed by atoms with E-state index in [1.807, 2.05) is 13.0 Å². The monoisotopic (exact) mass is 265 g/mol. The highest BCUT2D eigenvalue weighted by molar-refractivity contribution is 6.30. The van der Waals surface area contributed by atoms with Crippen molar-refractivity contribution in [3.05, 3.63) is 58.4 Å². The number of aryl methyl sites for hydroxylation is 1. The molecule has 0 aliphatic rings. The maximum Gasteiger partial charge on any atom is 0.152 e. The summed E-state index contributed by atoms with van der Waals surface area (Å²) in [6.07, 6.45) is 0. The molecule has 2 nitrogen and oxygen atoms in total. The average Bonchev–Trinajstić information content (AvgIpc) is 2.35. The molecular formula is C14H13ClFNO. The second kappa shape index (κ2) is 5.27. The third kappa shape index (κ3) is 2.74. The molecule has 0 unspecified atom stereocenters. The molecule has 0 aliphatic heterocycles. The van der Waals surface area contributed by atoms with Crippen LogP contribution in [0.25, 0.3) is 0 Å². The van der Waals surface area contributed by atoms with E-state index in [0.717, 1.165) is 5.56 Å². The molecule has 2 N–H and O–H groups in total. The van der Waals surface area contributed by atoms with Gasteiger partial charge in [0.15, 0.2) is 5.82 Å². The molecule has 2 rings (SSSR count). The molecule has 2 aromatic rings. The van der Waals surface area contributed by atoms with Crippen LogP contribution in [0, 0.1) is 12.7 Å². The van der Waals surface area contributed by atoms with Crippen LogP contribution in [-0.2, 0) is 6.61 Å². The SMILES string of the molecule is Cc1ccc(Cl)cc1OCc1cccc(N)c1F. The normalized spacial score (nSPS) is 10.4. The molecule has 94 valence electrons. The predicted octanol–water partition coefficient (Wildman–Crippen LogP) is 3.95. The Morgan fingerprint density at radius 2 is 2.06 bits per heavy atom. The lowest BCUT2D eigenvalue weighted by Crippen LogP contribution is -2.02. The van der Waals surface area contributed by atoms with E-state index >= 15 is 0 Å². The van der Waals surface area contributed by atoms with Gasteiger partial charge in [-0.25, -0.2) is 4.39 Å². The number of hydrogen-bond acceptors (Lipinski definition) is 2. The van der Waals surface area contributed by atoms with E-state index in [0.29, 0.717) is 16.3 Å². The molecule has 0 aromatic heterocycles. The van der Waals surface area contributed by atoms with Crippen LogP contribution in [0.1, 0.15) is 11.1 Å². The van der Waals surface area contributed by atoms with Crippen LogP contribution in [0.15, 0.2) is 36.4 Å². The molecule has 4 heteroatoms. The fourth-order valence-electron chi connectivity index (χ4n) is 1.60. The first-order valence-corrected chi connectivity index (χ1v) is 5.87. The number of hydrogen-bond donors (Lipinski definition) is 1. The number of anilines is 1. The average molecular weight is 266 g/mol. The number of nitrogens with two attached hydrogens (primary N) is 1. The summed E-state index contributed by atoms with van der Waals surface area (Å²) >= 11 is 5.88. The van der Waals surface area contributed by atoms with E-state index < -0.39 is 5.82 Å². The summed E-state index contributed by atoms with van der Waals surface area (Å²) in [5, 5.41) is 0.587. The Bertz CT molecular complexity index is 570. The fourth-order valence-corrected chi connectivity index (χ4v) is 1.76. The van der Waals surface area contributed by atoms with Crippen LogP contribution in [0.3, 0.4) is 0 Å². The first kappa shape index (κ1) is 12.7. The van der Waals surface area contributed by atoms with Crippen LogP contribution in [-0.4, -0.2) is 0 Å². The van der Waals surface area contributed by atoms with Gasteiger partial charge in [-0.1, -0.05) is 29.8 Å². The van der Waals surface area contributed by atoms with Crippen molar-refractivity contribution in [1.82, 2.24) is 0 Å². The minimum absolute atomic E-state index is 0.123. The summed E-state index contributed by atoms with van der Waals surface area (Å²) in [5.74, 6) is 0.210. The fraction of sp³-hybridized carbons (Fsp3) is 0.143. The summed E-state index contributed by atoms with van der Waals surface area (Å²) in [7, 11) is 0. The highest BCUT2D eigenvalue weighted by atomic mass is 35.5. The maximum atomic E-state index is 13.7. The zero-order valence-corrected chi connectivity index (χ0v) is 10.7. The second-order valence-corrected chi connectivity index (χ2v) is 4.46. The minimum Gasteiger partial charge on any atom is -0.488 e. The summed E-state index contributed by atoms with van der Waals surface area (Å²) in [4.78, 5) is 0. The number of rotatable bonds is 3. The summed E-state index contributed by atoms with van der Waals surface area (Å²) in [6.45, 7) is 2.03. The van der Waals surface area contributed by atoms with E-state index in [9.17, 15) is 4.39 Å². The lowest BCUT2D eigenvalue weighted by Gasteiger charge is -2.10. The van der Waals surface area contributed by atoms with Gasteiger partial charge in [-0.3, -0.25) is 0 Å². The van der Waals surface area contributed by atoms with Gasteiger partial charge in [0.05, 0.1) is 5.69 Å². The largest absolute Gasteiger partial charge is 0.488 e. The van der Waals surface area contributed by atoms with Crippen LogP contribution in [0.2, 0.25) is 5.02 Å². The van der Waals surface area contributed by atoms with Gasteiger partial charge in [-0.2, -0.15) is 0 Å². The van der Waals surface area contributed by atoms with Crippen LogP contribution in [0.4, 0.5) is 10.1 Å². The maximum absolute atomic E-state index is 13.7. The van der Waals surface area contributed by atoms with E-state index in [2.05, 4.69) is 0 Å². The van der Waals surface area contributed by atoms with Gasteiger partial charge in [0, 0.05) is 10.6 Å². The molecule has 0 radical (unpaired) electrons. The van der Waals surface area contributed by atoms with E-state index in [1.54, 1.807) is 24.3 Å². The summed E-state index contributed by atoms with van der Waals surface area (Å²) in [5.41, 5.74) is 6.99. The predicted molar refractivity (Wildman–Crippen MR) is 71.3 cm³/mol. The Morgan fingerprint density at radius 1 is 1.28 bits per heavy atom. The Kier molecular flexibility index (Phi) is 3.72. The Labute approximate surface area is 110 Å². The molecule has 0 aliphatic carbocycles. The van der Waals surface area contributed by atoms with Gasteiger partial charge in [-0.15, -0.1) is 0 Å². The molecule has 0 spiro atoms. The molecule has 0 saturated carbocycles. The van der Waals surface area contributed by atoms with Crippen LogP contribution >= 0.6 is 11.6 Å². The first-order chi connectivity index (χ1) is 8.58. The lowest BCUT2D eigenvalue weighted by atomic mass is 10.2. The van der Waals surface area contributed by atoms with Gasteiger partial charge in [0.25, 0.3) is 0 Å². The molecule has 0 atom stereocenters. The number of benzene rings is 2. The van der Waals surface area contributed by atoms with E-state index in [4.69, 9.17) is 22.1 Å². The van der Waals surface area contributed by atoms with E-state index in [-0.39, 0.29) is 12.3 Å². The van der Waals surface area contributed by atoms with Crippen molar-refractivity contribution < 1.29 is 9.13 Å². The Morgan fingerprint density at radius 3 is 2.83 bits per heavy atom. The van der Waals surface area contributed by atoms with Crippen LogP contribution in [0.5, 0.6) is 5.75 Å². The smallest absolute Gasteiger partial charge is 0.152 e. The topological polar surface area (TPSA) is 35.2 Å². The third-order valence-electron chi connectivity index (χ3n) is 2.64. The first-order valence-electron chi connectivity index (χ1n) is 5.50. The quantitative estimate of drug-likeness (QED) is 0.853. The lowest BCUT2D eigenvalue weighted by molar-refractivity contribution is 0.298. The van der Waals surface area contributed by atoms with Gasteiger partial charge >= 0.3 is 0 Å². The zero-order valence-electron chi connectivity index (χ0n) is 9.91. The standard InChI is InChI=1S/C14H13ClFNO/c1-9-5-6-11(15)7-13(9)18-8-10-3-2-4-12(17)14(10)16/h2-7H,8,17H2,1H3. The molecule has 0 fully saturated rings. The van der Waals surface area contributed by atoms with Gasteiger partial charge in [0.1, 0.15) is 12.4 Å². The van der Waals surface area contributed by atoms with E-state index in [1.165, 1.54) is 6.07 Å². The molecule has 0 saturated heterocycles. The highest BCUT2D eigenvalue weighted by Crippen LogP contribution is 2.24. The summed E-state index contributed by atoms with van der Waals surface area (Å²) in [6, 6.07) is 10.2. The molecule has 0 heterocycles. The second-order valence-electron chi connectivity index (χ2n) is 4.02. The minimum atomic E-state index is -0.433. The number of nitrogen functional groups attached to an aromatic ring is 1. The molecule has 0 amide bonds. The Hall–Kier alpha value is -1.74. The highest BCUT2D eigenvalue weighted by Gasteiger charge is 2.07. The number of ether oxygens (including phenoxy) is 1. The molecule has 2 aromatic carbocycles. The van der Waals surface area contributed by atoms with Gasteiger partial charge < -0.3 is 10.5 Å². The van der Waals surface area contributed by atoms with Crippen molar-refractivity contribution in [2.24, 2.45) is 0 Å². The summed E-state index contributed by atoms with van der Waals surface area (Å²) < 4.78 is 19.2. The molecule has 0 bridgehead atoms. The van der Waals surface area contributed by atoms with Crippen molar-refractivity contribution in [2.45, 2.75) is 13.5 Å².